The molecule has 1 atom stereocenters. The molecule has 0 bridgehead atoms. The zero-order valence-electron chi connectivity index (χ0n) is 15.3. The van der Waals surface area contributed by atoms with E-state index in [9.17, 15) is 9.59 Å². The molecule has 0 aliphatic heterocycles. The molecule has 28 heavy (non-hydrogen) atoms. The van der Waals surface area contributed by atoms with Crippen LogP contribution in [0.4, 0.5) is 0 Å². The van der Waals surface area contributed by atoms with E-state index in [-0.39, 0.29) is 5.78 Å². The Balaban J connectivity index is 2.03. The lowest BCUT2D eigenvalue weighted by molar-refractivity contribution is -0.149. The van der Waals surface area contributed by atoms with Gasteiger partial charge >= 0.3 is 5.97 Å². The number of esters is 1. The molecular weight excluding hydrogens is 420 g/mol. The normalized spacial score (nSPS) is 11.5. The molecule has 0 amide bonds. The van der Waals surface area contributed by atoms with Crippen LogP contribution in [0.15, 0.2) is 78.9 Å². The van der Waals surface area contributed by atoms with Gasteiger partial charge in [-0.15, -0.1) is 0 Å². The summed E-state index contributed by atoms with van der Waals surface area (Å²) in [5, 5.41) is 0.599. The summed E-state index contributed by atoms with van der Waals surface area (Å²) >= 11 is 3.42. The van der Waals surface area contributed by atoms with Crippen molar-refractivity contribution in [2.75, 3.05) is 7.11 Å². The van der Waals surface area contributed by atoms with Gasteiger partial charge in [-0.05, 0) is 17.7 Å². The van der Waals surface area contributed by atoms with Gasteiger partial charge in [0.25, 0.3) is 0 Å². The molecule has 0 aliphatic rings. The molecule has 3 aromatic rings. The summed E-state index contributed by atoms with van der Waals surface area (Å²) in [5.74, 6) is -0.373. The highest BCUT2D eigenvalue weighted by atomic mass is 79.9. The number of carbonyl (C=O) groups excluding carboxylic acids is 2. The average Bonchev–Trinajstić information content (AvgIpc) is 2.77. The summed E-state index contributed by atoms with van der Waals surface area (Å²) < 4.78 is 10.9. The number of halogens is 1. The van der Waals surface area contributed by atoms with Gasteiger partial charge < -0.3 is 9.47 Å². The maximum absolute atomic E-state index is 13.1. The maximum atomic E-state index is 13.1. The molecule has 3 rings (SSSR count). The number of ether oxygens (including phenoxy) is 2. The second-order valence-corrected chi connectivity index (χ2v) is 6.65. The van der Waals surface area contributed by atoms with Crippen LogP contribution >= 0.6 is 15.9 Å². The minimum atomic E-state index is -0.969. The van der Waals surface area contributed by atoms with Crippen molar-refractivity contribution in [1.82, 2.24) is 0 Å². The van der Waals surface area contributed by atoms with E-state index >= 15 is 0 Å². The first-order chi connectivity index (χ1) is 13.6. The number of methoxy groups -OCH3 is 1. The highest BCUT2D eigenvalue weighted by Gasteiger charge is 2.26. The fourth-order valence-electron chi connectivity index (χ4n) is 2.80. The van der Waals surface area contributed by atoms with Gasteiger partial charge in [0.1, 0.15) is 5.75 Å². The molecule has 1 unspecified atom stereocenters. The first-order valence-electron chi connectivity index (χ1n) is 8.72. The van der Waals surface area contributed by atoms with Crippen LogP contribution in [0, 0.1) is 0 Å². The molecule has 0 heterocycles. The van der Waals surface area contributed by atoms with Crippen molar-refractivity contribution in [2.24, 2.45) is 0 Å². The first kappa shape index (κ1) is 19.8. The van der Waals surface area contributed by atoms with E-state index in [4.69, 9.17) is 9.47 Å². The highest BCUT2D eigenvalue weighted by molar-refractivity contribution is 9.08. The molecule has 4 nitrogen and oxygen atoms in total. The van der Waals surface area contributed by atoms with Crippen LogP contribution in [0.1, 0.15) is 33.2 Å². The molecule has 0 aliphatic carbocycles. The summed E-state index contributed by atoms with van der Waals surface area (Å²) in [6.45, 7) is 0. The molecule has 0 saturated carbocycles. The van der Waals surface area contributed by atoms with E-state index in [0.717, 1.165) is 5.56 Å². The Morgan fingerprint density at radius 3 is 2.18 bits per heavy atom. The van der Waals surface area contributed by atoms with Gasteiger partial charge in [0.05, 0.1) is 12.7 Å². The van der Waals surface area contributed by atoms with Crippen LogP contribution in [-0.4, -0.2) is 18.9 Å². The Morgan fingerprint density at radius 2 is 1.57 bits per heavy atom. The zero-order valence-corrected chi connectivity index (χ0v) is 16.9. The van der Waals surface area contributed by atoms with Crippen molar-refractivity contribution in [3.05, 3.63) is 101 Å². The van der Waals surface area contributed by atoms with Gasteiger partial charge in [-0.2, -0.15) is 0 Å². The van der Waals surface area contributed by atoms with Crippen LogP contribution in [0.25, 0.3) is 0 Å². The van der Waals surface area contributed by atoms with Gasteiger partial charge in [-0.25, -0.2) is 4.79 Å². The standard InChI is InChI=1S/C23H19BrO4/c1-27-23(26)22(18-10-6-3-7-11-18)28-20-13-12-16(15-24)14-19(20)21(25)17-8-4-2-5-9-17/h2-14,22H,15H2,1H3. The van der Waals surface area contributed by atoms with Gasteiger partial charge in [-0.1, -0.05) is 82.7 Å². The molecule has 0 spiro atoms. The highest BCUT2D eigenvalue weighted by Crippen LogP contribution is 2.29. The van der Waals surface area contributed by atoms with Crippen molar-refractivity contribution in [1.29, 1.82) is 0 Å². The molecule has 5 heteroatoms. The summed E-state index contributed by atoms with van der Waals surface area (Å²) in [6.07, 6.45) is -0.969. The van der Waals surface area contributed by atoms with Crippen LogP contribution in [0.2, 0.25) is 0 Å². The third-order valence-corrected chi connectivity index (χ3v) is 4.89. The molecule has 0 N–H and O–H groups in total. The molecule has 3 aromatic carbocycles. The number of ketones is 1. The van der Waals surface area contributed by atoms with Crippen LogP contribution < -0.4 is 4.74 Å². The predicted molar refractivity (Wildman–Crippen MR) is 111 cm³/mol. The van der Waals surface area contributed by atoms with E-state index in [2.05, 4.69) is 15.9 Å². The lowest BCUT2D eigenvalue weighted by atomic mass is 10.0. The number of hydrogen-bond acceptors (Lipinski definition) is 4. The number of alkyl halides is 1. The second-order valence-electron chi connectivity index (χ2n) is 6.09. The number of rotatable bonds is 7. The van der Waals surface area contributed by atoms with Gasteiger partial charge in [0, 0.05) is 16.5 Å². The second kappa shape index (κ2) is 9.33. The predicted octanol–water partition coefficient (Wildman–Crippen LogP) is 5.11. The van der Waals surface area contributed by atoms with E-state index in [1.54, 1.807) is 36.4 Å². The van der Waals surface area contributed by atoms with Crippen LogP contribution in [-0.2, 0) is 14.9 Å². The summed E-state index contributed by atoms with van der Waals surface area (Å²) in [6, 6.07) is 23.4. The van der Waals surface area contributed by atoms with Crippen molar-refractivity contribution in [3.63, 3.8) is 0 Å². The number of carbonyl (C=O) groups is 2. The number of benzene rings is 3. The van der Waals surface area contributed by atoms with Gasteiger partial charge in [0.2, 0.25) is 6.10 Å². The quantitative estimate of drug-likeness (QED) is 0.292. The molecule has 0 fully saturated rings. The summed E-state index contributed by atoms with van der Waals surface area (Å²) in [4.78, 5) is 25.4. The van der Waals surface area contributed by atoms with Crippen LogP contribution in [0.3, 0.4) is 0 Å². The van der Waals surface area contributed by atoms with Crippen molar-refractivity contribution >= 4 is 27.7 Å². The van der Waals surface area contributed by atoms with E-state index in [1.807, 2.05) is 42.5 Å². The average molecular weight is 439 g/mol. The topological polar surface area (TPSA) is 52.6 Å². The number of hydrogen-bond donors (Lipinski definition) is 0. The Labute approximate surface area is 172 Å². The Morgan fingerprint density at radius 1 is 0.929 bits per heavy atom. The first-order valence-corrected chi connectivity index (χ1v) is 9.84. The third-order valence-electron chi connectivity index (χ3n) is 4.24. The molecule has 142 valence electrons. The van der Waals surface area contributed by atoms with Crippen molar-refractivity contribution < 1.29 is 19.1 Å². The van der Waals surface area contributed by atoms with Gasteiger partial charge in [-0.3, -0.25) is 4.79 Å². The minimum Gasteiger partial charge on any atom is -0.473 e. The molecule has 0 aromatic heterocycles. The lowest BCUT2D eigenvalue weighted by Gasteiger charge is -2.19. The SMILES string of the molecule is COC(=O)C(Oc1ccc(CBr)cc1C(=O)c1ccccc1)c1ccccc1. The Kier molecular flexibility index (Phi) is 6.61. The van der Waals surface area contributed by atoms with E-state index in [1.165, 1.54) is 7.11 Å². The smallest absolute Gasteiger partial charge is 0.351 e. The fraction of sp³-hybridized carbons (Fsp3) is 0.130. The van der Waals surface area contributed by atoms with Crippen molar-refractivity contribution in [2.45, 2.75) is 11.4 Å². The molecule has 0 saturated heterocycles. The van der Waals surface area contributed by atoms with Crippen molar-refractivity contribution in [3.8, 4) is 5.75 Å². The Hall–Kier alpha value is -2.92. The fourth-order valence-corrected chi connectivity index (χ4v) is 3.15. The third kappa shape index (κ3) is 4.49. The van der Waals surface area contributed by atoms with E-state index in [0.29, 0.717) is 27.8 Å². The Bertz CT molecular complexity index is 955. The monoisotopic (exact) mass is 438 g/mol. The summed E-state index contributed by atoms with van der Waals surface area (Å²) in [5.41, 5.74) is 2.53. The van der Waals surface area contributed by atoms with Crippen LogP contribution in [0.5, 0.6) is 5.75 Å². The largest absolute Gasteiger partial charge is 0.473 e. The van der Waals surface area contributed by atoms with E-state index < -0.39 is 12.1 Å². The minimum absolute atomic E-state index is 0.171. The summed E-state index contributed by atoms with van der Waals surface area (Å²) in [7, 11) is 1.31. The zero-order chi connectivity index (χ0) is 19.9. The maximum Gasteiger partial charge on any atom is 0.351 e. The lowest BCUT2D eigenvalue weighted by Crippen LogP contribution is -2.21. The molecular formula is C23H19BrO4. The molecule has 0 radical (unpaired) electrons. The van der Waals surface area contributed by atoms with Gasteiger partial charge in [0.15, 0.2) is 5.78 Å².